The summed E-state index contributed by atoms with van der Waals surface area (Å²) in [5.74, 6) is 1.35. The third-order valence-electron chi connectivity index (χ3n) is 4.77. The second-order valence-electron chi connectivity index (χ2n) is 6.24. The molecule has 0 aliphatic carbocycles. The Hall–Kier alpha value is -2.30. The van der Waals surface area contributed by atoms with E-state index in [1.807, 2.05) is 19.2 Å². The Balaban J connectivity index is 1.69. The van der Waals surface area contributed by atoms with Crippen LogP contribution in [-0.4, -0.2) is 40.2 Å². The first-order valence-corrected chi connectivity index (χ1v) is 8.70. The van der Waals surface area contributed by atoms with Gasteiger partial charge in [-0.25, -0.2) is 9.78 Å². The molecular weight excluding hydrogens is 302 g/mol. The van der Waals surface area contributed by atoms with E-state index in [9.17, 15) is 4.79 Å². The lowest BCUT2D eigenvalue weighted by Gasteiger charge is -2.33. The SMILES string of the molecule is CCOC(=O)N1CCC(n2ccnc2[C@@H](C)c2ccccc2)CC1. The summed E-state index contributed by atoms with van der Waals surface area (Å²) >= 11 is 0. The summed E-state index contributed by atoms with van der Waals surface area (Å²) < 4.78 is 7.39. The fourth-order valence-corrected chi connectivity index (χ4v) is 3.40. The van der Waals surface area contributed by atoms with Crippen molar-refractivity contribution in [2.24, 2.45) is 0 Å². The number of likely N-dealkylation sites (tertiary alicyclic amines) is 1. The monoisotopic (exact) mass is 327 g/mol. The van der Waals surface area contributed by atoms with Crippen LogP contribution in [0.3, 0.4) is 0 Å². The number of carbonyl (C=O) groups is 1. The number of hydrogen-bond acceptors (Lipinski definition) is 3. The number of benzene rings is 1. The smallest absolute Gasteiger partial charge is 0.409 e. The highest BCUT2D eigenvalue weighted by atomic mass is 16.6. The molecule has 2 aromatic rings. The van der Waals surface area contributed by atoms with Crippen molar-refractivity contribution in [3.05, 3.63) is 54.1 Å². The van der Waals surface area contributed by atoms with Crippen LogP contribution in [0.25, 0.3) is 0 Å². The van der Waals surface area contributed by atoms with Gasteiger partial charge in [0.25, 0.3) is 0 Å². The fourth-order valence-electron chi connectivity index (χ4n) is 3.40. The molecule has 0 saturated carbocycles. The molecule has 0 N–H and O–H groups in total. The summed E-state index contributed by atoms with van der Waals surface area (Å²) in [5.41, 5.74) is 1.27. The minimum absolute atomic E-state index is 0.195. The lowest BCUT2D eigenvalue weighted by Crippen LogP contribution is -2.39. The molecule has 5 heteroatoms. The molecule has 24 heavy (non-hydrogen) atoms. The van der Waals surface area contributed by atoms with E-state index in [0.29, 0.717) is 12.6 Å². The molecule has 0 bridgehead atoms. The van der Waals surface area contributed by atoms with Crippen molar-refractivity contribution in [2.75, 3.05) is 19.7 Å². The van der Waals surface area contributed by atoms with Gasteiger partial charge >= 0.3 is 6.09 Å². The zero-order valence-electron chi connectivity index (χ0n) is 14.4. The number of rotatable bonds is 4. The van der Waals surface area contributed by atoms with Crippen LogP contribution in [0.2, 0.25) is 0 Å². The van der Waals surface area contributed by atoms with E-state index in [0.717, 1.165) is 31.8 Å². The Bertz CT molecular complexity index is 660. The van der Waals surface area contributed by atoms with E-state index in [4.69, 9.17) is 4.74 Å². The predicted molar refractivity (Wildman–Crippen MR) is 93.1 cm³/mol. The molecular formula is C19H25N3O2. The van der Waals surface area contributed by atoms with Crippen LogP contribution in [0, 0.1) is 0 Å². The average Bonchev–Trinajstić information content (AvgIpc) is 3.12. The van der Waals surface area contributed by atoms with Crippen molar-refractivity contribution in [1.82, 2.24) is 14.5 Å². The Morgan fingerprint density at radius 1 is 1.29 bits per heavy atom. The lowest BCUT2D eigenvalue weighted by atomic mass is 9.99. The highest BCUT2D eigenvalue weighted by Gasteiger charge is 2.26. The molecule has 0 spiro atoms. The quantitative estimate of drug-likeness (QED) is 0.857. The van der Waals surface area contributed by atoms with Gasteiger partial charge in [0.05, 0.1) is 6.61 Å². The van der Waals surface area contributed by atoms with Crippen LogP contribution in [0.1, 0.15) is 50.0 Å². The number of aromatic nitrogens is 2. The molecule has 1 aliphatic rings. The molecule has 0 unspecified atom stereocenters. The van der Waals surface area contributed by atoms with Gasteiger partial charge in [-0.1, -0.05) is 37.3 Å². The second-order valence-corrected chi connectivity index (χ2v) is 6.24. The molecule has 128 valence electrons. The molecule has 1 amide bonds. The van der Waals surface area contributed by atoms with Crippen molar-refractivity contribution in [3.63, 3.8) is 0 Å². The standard InChI is InChI=1S/C19H25N3O2/c1-3-24-19(23)21-12-9-17(10-13-21)22-14-11-20-18(22)15(2)16-7-5-4-6-8-16/h4-8,11,14-15,17H,3,9-10,12-13H2,1-2H3/t15-/m0/s1. The van der Waals surface area contributed by atoms with Gasteiger partial charge in [0.15, 0.2) is 0 Å². The molecule has 3 rings (SSSR count). The Labute approximate surface area is 143 Å². The number of amides is 1. The topological polar surface area (TPSA) is 47.4 Å². The number of nitrogens with zero attached hydrogens (tertiary/aromatic N) is 3. The van der Waals surface area contributed by atoms with Crippen LogP contribution < -0.4 is 0 Å². The van der Waals surface area contributed by atoms with Gasteiger partial charge in [-0.15, -0.1) is 0 Å². The van der Waals surface area contributed by atoms with E-state index in [-0.39, 0.29) is 12.0 Å². The molecule has 0 radical (unpaired) electrons. The molecule has 1 aliphatic heterocycles. The van der Waals surface area contributed by atoms with Crippen molar-refractivity contribution >= 4 is 6.09 Å². The largest absolute Gasteiger partial charge is 0.450 e. The van der Waals surface area contributed by atoms with Gasteiger partial charge in [0, 0.05) is 37.4 Å². The molecule has 1 aromatic heterocycles. The average molecular weight is 327 g/mol. The molecule has 1 aromatic carbocycles. The van der Waals surface area contributed by atoms with E-state index in [2.05, 4.69) is 46.9 Å². The van der Waals surface area contributed by atoms with Gasteiger partial charge in [-0.05, 0) is 25.3 Å². The van der Waals surface area contributed by atoms with Gasteiger partial charge < -0.3 is 14.2 Å². The van der Waals surface area contributed by atoms with E-state index in [1.165, 1.54) is 5.56 Å². The molecule has 1 atom stereocenters. The van der Waals surface area contributed by atoms with Crippen molar-refractivity contribution in [3.8, 4) is 0 Å². The van der Waals surface area contributed by atoms with Crippen molar-refractivity contribution in [1.29, 1.82) is 0 Å². The summed E-state index contributed by atoms with van der Waals surface area (Å²) in [6.45, 7) is 5.94. The van der Waals surface area contributed by atoms with Gasteiger partial charge in [-0.3, -0.25) is 0 Å². The van der Waals surface area contributed by atoms with Gasteiger partial charge in [0.2, 0.25) is 0 Å². The Morgan fingerprint density at radius 2 is 2.00 bits per heavy atom. The first-order valence-electron chi connectivity index (χ1n) is 8.70. The number of hydrogen-bond donors (Lipinski definition) is 0. The molecule has 5 nitrogen and oxygen atoms in total. The second kappa shape index (κ2) is 7.51. The summed E-state index contributed by atoms with van der Waals surface area (Å²) in [5, 5.41) is 0. The highest BCUT2D eigenvalue weighted by Crippen LogP contribution is 2.29. The third-order valence-corrected chi connectivity index (χ3v) is 4.77. The summed E-state index contributed by atoms with van der Waals surface area (Å²) in [6.07, 6.45) is 5.62. The normalized spacial score (nSPS) is 16.8. The molecule has 1 fully saturated rings. The highest BCUT2D eigenvalue weighted by molar-refractivity contribution is 5.67. The summed E-state index contributed by atoms with van der Waals surface area (Å²) in [4.78, 5) is 18.2. The molecule has 1 saturated heterocycles. The van der Waals surface area contributed by atoms with Crippen LogP contribution in [0.15, 0.2) is 42.7 Å². The Kier molecular flexibility index (Phi) is 5.18. The number of imidazole rings is 1. The van der Waals surface area contributed by atoms with Crippen molar-refractivity contribution < 1.29 is 9.53 Å². The summed E-state index contributed by atoms with van der Waals surface area (Å²) in [6, 6.07) is 10.8. The fraction of sp³-hybridized carbons (Fsp3) is 0.474. The zero-order valence-corrected chi connectivity index (χ0v) is 14.4. The van der Waals surface area contributed by atoms with E-state index < -0.39 is 0 Å². The number of carbonyl (C=O) groups excluding carboxylic acids is 1. The van der Waals surface area contributed by atoms with Crippen LogP contribution in [0.4, 0.5) is 4.79 Å². The number of ether oxygens (including phenoxy) is 1. The minimum atomic E-state index is -0.195. The lowest BCUT2D eigenvalue weighted by molar-refractivity contribution is 0.0924. The number of piperidine rings is 1. The maximum atomic E-state index is 11.8. The van der Waals surface area contributed by atoms with Gasteiger partial charge in [-0.2, -0.15) is 0 Å². The van der Waals surface area contributed by atoms with Crippen LogP contribution in [0.5, 0.6) is 0 Å². The predicted octanol–water partition coefficient (Wildman–Crippen LogP) is 3.83. The van der Waals surface area contributed by atoms with Crippen LogP contribution in [-0.2, 0) is 4.74 Å². The maximum Gasteiger partial charge on any atom is 0.409 e. The third kappa shape index (κ3) is 3.45. The first kappa shape index (κ1) is 16.6. The molecule has 2 heterocycles. The zero-order chi connectivity index (χ0) is 16.9. The van der Waals surface area contributed by atoms with E-state index in [1.54, 1.807) is 4.90 Å². The minimum Gasteiger partial charge on any atom is -0.450 e. The Morgan fingerprint density at radius 3 is 2.67 bits per heavy atom. The summed E-state index contributed by atoms with van der Waals surface area (Å²) in [7, 11) is 0. The van der Waals surface area contributed by atoms with E-state index >= 15 is 0 Å². The first-order chi connectivity index (χ1) is 11.7. The van der Waals surface area contributed by atoms with Crippen molar-refractivity contribution in [2.45, 2.75) is 38.6 Å². The van der Waals surface area contributed by atoms with Crippen LogP contribution >= 0.6 is 0 Å². The maximum absolute atomic E-state index is 11.8. The van der Waals surface area contributed by atoms with Gasteiger partial charge in [0.1, 0.15) is 5.82 Å².